The summed E-state index contributed by atoms with van der Waals surface area (Å²) in [7, 11) is 0. The van der Waals surface area contributed by atoms with Gasteiger partial charge in [-0.15, -0.1) is 0 Å². The zero-order chi connectivity index (χ0) is 29.7. The second-order valence-electron chi connectivity index (χ2n) is 11.2. The Kier molecular flexibility index (Phi) is 10.2. The van der Waals surface area contributed by atoms with Crippen molar-refractivity contribution < 1.29 is 35.8 Å². The predicted molar refractivity (Wildman–Crippen MR) is 146 cm³/mol. The summed E-state index contributed by atoms with van der Waals surface area (Å²) in [4.78, 5) is 3.83. The first-order valence-electron chi connectivity index (χ1n) is 14.6. The number of fused-ring (bicyclic) bond motifs is 2. The maximum atomic E-state index is 14.9. The zero-order valence-electron chi connectivity index (χ0n) is 23.8. The summed E-state index contributed by atoms with van der Waals surface area (Å²) in [6.07, 6.45) is -3.28. The van der Waals surface area contributed by atoms with Crippen molar-refractivity contribution in [3.63, 3.8) is 0 Å². The molecule has 0 N–H and O–H groups in total. The van der Waals surface area contributed by atoms with Gasteiger partial charge in [0.1, 0.15) is 25.0 Å². The van der Waals surface area contributed by atoms with Crippen molar-refractivity contribution in [3.05, 3.63) is 58.7 Å². The van der Waals surface area contributed by atoms with Gasteiger partial charge in [-0.25, -0.2) is 0 Å². The topological polar surface area (TPSA) is 24.9 Å². The van der Waals surface area contributed by atoms with E-state index in [4.69, 9.17) is 9.47 Å². The van der Waals surface area contributed by atoms with E-state index in [1.165, 1.54) is 12.1 Å². The van der Waals surface area contributed by atoms with Gasteiger partial charge in [-0.3, -0.25) is 9.80 Å². The van der Waals surface area contributed by atoms with Crippen molar-refractivity contribution in [1.82, 2.24) is 9.80 Å². The molecular weight excluding hydrogens is 546 g/mol. The van der Waals surface area contributed by atoms with Crippen LogP contribution in [0.5, 0.6) is 11.5 Å². The number of ether oxygens (including phenoxy) is 2. The van der Waals surface area contributed by atoms with Crippen molar-refractivity contribution in [1.29, 1.82) is 0 Å². The van der Waals surface area contributed by atoms with Crippen LogP contribution < -0.4 is 9.47 Å². The van der Waals surface area contributed by atoms with Crippen LogP contribution in [-0.2, 0) is 18.5 Å². The fourth-order valence-electron chi connectivity index (χ4n) is 5.84. The van der Waals surface area contributed by atoms with Crippen LogP contribution in [0.4, 0.5) is 26.3 Å². The Labute approximate surface area is 238 Å². The van der Waals surface area contributed by atoms with Crippen molar-refractivity contribution in [2.75, 3.05) is 26.6 Å². The van der Waals surface area contributed by atoms with E-state index in [1.54, 1.807) is 0 Å². The van der Waals surface area contributed by atoms with E-state index >= 15 is 0 Å². The number of unbranched alkanes of at least 4 members (excludes halogenated alkanes) is 6. The van der Waals surface area contributed by atoms with Crippen molar-refractivity contribution in [2.24, 2.45) is 0 Å². The van der Waals surface area contributed by atoms with Gasteiger partial charge in [-0.2, -0.15) is 26.3 Å². The molecule has 4 nitrogen and oxygen atoms in total. The molecule has 0 spiro atoms. The highest BCUT2D eigenvalue weighted by Gasteiger charge is 2.72. The Balaban J connectivity index is 1.69. The molecule has 0 radical (unpaired) electrons. The van der Waals surface area contributed by atoms with E-state index in [-0.39, 0.29) is 26.6 Å². The molecule has 228 valence electrons. The summed E-state index contributed by atoms with van der Waals surface area (Å²) >= 11 is 0. The Morgan fingerprint density at radius 3 is 1.39 bits per heavy atom. The summed E-state index contributed by atoms with van der Waals surface area (Å²) in [5.41, 5.74) is -5.29. The molecule has 0 unspecified atom stereocenters. The minimum absolute atomic E-state index is 0.228. The van der Waals surface area contributed by atoms with Gasteiger partial charge in [-0.1, -0.05) is 64.5 Å². The smallest absolute Gasteiger partial charge is 0.411 e. The molecule has 0 fully saturated rings. The van der Waals surface area contributed by atoms with Crippen LogP contribution in [0.1, 0.15) is 87.5 Å². The number of halogens is 6. The first-order valence-corrected chi connectivity index (χ1v) is 14.6. The summed E-state index contributed by atoms with van der Waals surface area (Å²) in [6, 6.07) is 6.37. The lowest BCUT2D eigenvalue weighted by Gasteiger charge is -2.40. The Morgan fingerprint density at radius 1 is 0.610 bits per heavy atom. The van der Waals surface area contributed by atoms with Gasteiger partial charge in [0, 0.05) is 37.3 Å². The van der Waals surface area contributed by atoms with Gasteiger partial charge < -0.3 is 9.47 Å². The molecular formula is C31H40F6N2O2. The third-order valence-corrected chi connectivity index (χ3v) is 8.09. The highest BCUT2D eigenvalue weighted by atomic mass is 19.4. The van der Waals surface area contributed by atoms with Crippen LogP contribution in [0.3, 0.4) is 0 Å². The molecule has 41 heavy (non-hydrogen) atoms. The number of nitrogens with zero attached hydrogens (tertiary/aromatic N) is 2. The minimum Gasteiger partial charge on any atom is -0.478 e. The van der Waals surface area contributed by atoms with Gasteiger partial charge in [-0.05, 0) is 48.2 Å². The number of rotatable bonds is 12. The molecule has 0 saturated heterocycles. The summed E-state index contributed by atoms with van der Waals surface area (Å²) in [6.45, 7) is 6.47. The van der Waals surface area contributed by atoms with Crippen LogP contribution in [-0.4, -0.2) is 48.7 Å². The normalized spacial score (nSPS) is 16.6. The van der Waals surface area contributed by atoms with Crippen LogP contribution in [0.25, 0.3) is 0 Å². The second-order valence-corrected chi connectivity index (χ2v) is 11.2. The molecule has 2 heterocycles. The Bertz CT molecular complexity index is 1060. The molecule has 2 aromatic rings. The highest BCUT2D eigenvalue weighted by molar-refractivity contribution is 5.52. The largest absolute Gasteiger partial charge is 0.478 e. The van der Waals surface area contributed by atoms with Crippen molar-refractivity contribution in [2.45, 2.75) is 96.1 Å². The first-order chi connectivity index (χ1) is 19.5. The lowest BCUT2D eigenvalue weighted by Crippen LogP contribution is -2.55. The van der Waals surface area contributed by atoms with Gasteiger partial charge in [0.2, 0.25) is 5.41 Å². The molecule has 2 aliphatic heterocycles. The molecule has 0 atom stereocenters. The number of benzene rings is 2. The highest BCUT2D eigenvalue weighted by Crippen LogP contribution is 2.57. The predicted octanol–water partition coefficient (Wildman–Crippen LogP) is 8.56. The molecule has 0 amide bonds. The lowest BCUT2D eigenvalue weighted by molar-refractivity contribution is -0.288. The van der Waals surface area contributed by atoms with E-state index in [0.29, 0.717) is 35.7 Å². The Hall–Kier alpha value is -2.46. The molecule has 0 saturated carbocycles. The standard InChI is InChI=1S/C31H40F6N2O2/c1-3-5-7-9-15-38-19-23-17-25(11-13-27(23)40-21-38)29(30(32,33)34,31(35,36)37)26-12-14-28-24(18-26)20-39(22-41-28)16-10-8-6-4-2/h11-14,17-18H,3-10,15-16,19-22H2,1-2H3. The minimum atomic E-state index is -5.65. The second kappa shape index (κ2) is 13.2. The molecule has 2 aliphatic rings. The maximum absolute atomic E-state index is 14.9. The number of hydrogen-bond acceptors (Lipinski definition) is 4. The zero-order valence-corrected chi connectivity index (χ0v) is 23.8. The third-order valence-electron chi connectivity index (χ3n) is 8.09. The molecule has 2 aromatic carbocycles. The van der Waals surface area contributed by atoms with E-state index in [0.717, 1.165) is 75.6 Å². The quantitative estimate of drug-likeness (QED) is 0.184. The molecule has 4 rings (SSSR count). The van der Waals surface area contributed by atoms with E-state index in [1.807, 2.05) is 9.80 Å². The number of alkyl halides is 6. The third kappa shape index (κ3) is 6.79. The lowest BCUT2D eigenvalue weighted by atomic mass is 9.72. The van der Waals surface area contributed by atoms with Crippen LogP contribution in [0, 0.1) is 0 Å². The van der Waals surface area contributed by atoms with Gasteiger partial charge in [0.25, 0.3) is 0 Å². The fraction of sp³-hybridized carbons (Fsp3) is 0.613. The van der Waals surface area contributed by atoms with Crippen LogP contribution in [0.15, 0.2) is 36.4 Å². The number of hydrogen-bond donors (Lipinski definition) is 0. The summed E-state index contributed by atoms with van der Waals surface area (Å²) in [5.74, 6) is 0.628. The summed E-state index contributed by atoms with van der Waals surface area (Å²) < 4.78 is 101. The van der Waals surface area contributed by atoms with Crippen molar-refractivity contribution >= 4 is 0 Å². The molecule has 10 heteroatoms. The molecule has 0 bridgehead atoms. The van der Waals surface area contributed by atoms with E-state index < -0.39 is 28.9 Å². The van der Waals surface area contributed by atoms with Gasteiger partial charge in [0.15, 0.2) is 0 Å². The van der Waals surface area contributed by atoms with Gasteiger partial charge in [0.05, 0.1) is 0 Å². The summed E-state index contributed by atoms with van der Waals surface area (Å²) in [5, 5.41) is 0. The van der Waals surface area contributed by atoms with Crippen molar-refractivity contribution in [3.8, 4) is 11.5 Å². The van der Waals surface area contributed by atoms with Crippen LogP contribution >= 0.6 is 0 Å². The van der Waals surface area contributed by atoms with Crippen LogP contribution in [0.2, 0.25) is 0 Å². The van der Waals surface area contributed by atoms with Gasteiger partial charge >= 0.3 is 12.4 Å². The monoisotopic (exact) mass is 586 g/mol. The maximum Gasteiger partial charge on any atom is 0.411 e. The average Bonchev–Trinajstić information content (AvgIpc) is 2.92. The first kappa shape index (κ1) is 31.5. The van der Waals surface area contributed by atoms with E-state index in [9.17, 15) is 26.3 Å². The molecule has 0 aliphatic carbocycles. The fourth-order valence-corrected chi connectivity index (χ4v) is 5.84. The molecule has 0 aromatic heterocycles. The Morgan fingerprint density at radius 2 is 1.02 bits per heavy atom. The average molecular weight is 587 g/mol. The van der Waals surface area contributed by atoms with E-state index in [2.05, 4.69) is 13.8 Å². The SMILES string of the molecule is CCCCCCN1COc2ccc(C(c3ccc4c(c3)CN(CCCCCC)CO4)(C(F)(F)F)C(F)(F)F)cc2C1.